The van der Waals surface area contributed by atoms with Gasteiger partial charge in [-0.05, 0) is 55.9 Å². The highest BCUT2D eigenvalue weighted by Gasteiger charge is 2.06. The van der Waals surface area contributed by atoms with Crippen LogP contribution in [0.2, 0.25) is 0 Å². The number of rotatable bonds is 7. The maximum Gasteiger partial charge on any atom is 0.251 e. The molecule has 0 bridgehead atoms. The third-order valence-corrected chi connectivity index (χ3v) is 4.13. The highest BCUT2D eigenvalue weighted by molar-refractivity contribution is 5.97. The first kappa shape index (κ1) is 22.6. The number of nitrogens with one attached hydrogen (secondary N) is 3. The minimum atomic E-state index is -0.209. The first-order chi connectivity index (χ1) is 14.5. The molecule has 0 fully saturated rings. The smallest absolute Gasteiger partial charge is 0.251 e. The van der Waals surface area contributed by atoms with E-state index in [1.54, 1.807) is 42.0 Å². The normalized spacial score (nSPS) is 9.83. The van der Waals surface area contributed by atoms with E-state index in [0.717, 1.165) is 16.9 Å². The van der Waals surface area contributed by atoms with Crippen molar-refractivity contribution in [3.63, 3.8) is 0 Å². The molecule has 7 heteroatoms. The van der Waals surface area contributed by atoms with Crippen molar-refractivity contribution in [1.82, 2.24) is 9.88 Å². The molecule has 3 rings (SSSR count). The molecular weight excluding hydrogens is 378 g/mol. The number of hydrogen-bond acceptors (Lipinski definition) is 5. The number of nitrogens with zero attached hydrogens (tertiary/aromatic N) is 1. The molecule has 156 valence electrons. The summed E-state index contributed by atoms with van der Waals surface area (Å²) in [7, 11) is 1.50. The second-order valence-electron chi connectivity index (χ2n) is 6.53. The summed E-state index contributed by atoms with van der Waals surface area (Å²) in [5, 5.41) is 13.4. The standard InChI is InChI=1S/C22H22N4O2.CH5N/c1-16(23)14-24-22(28)18-5-4-6-20(13-18)25-19-10-8-17(9-11-19)15-26-12-3-2-7-21(26)27;1-2/h2-13,23,25H,14-15H2,1H3,(H,24,28);2H2,1H3. The van der Waals surface area contributed by atoms with E-state index in [9.17, 15) is 9.59 Å². The fraction of sp³-hybridized carbons (Fsp3) is 0.174. The van der Waals surface area contributed by atoms with Gasteiger partial charge in [-0.2, -0.15) is 0 Å². The largest absolute Gasteiger partial charge is 0.356 e. The number of carbonyl (C=O) groups excluding carboxylic acids is 1. The van der Waals surface area contributed by atoms with Crippen molar-refractivity contribution < 1.29 is 4.79 Å². The lowest BCUT2D eigenvalue weighted by atomic mass is 10.1. The molecular formula is C23H27N5O2. The Hall–Kier alpha value is -3.71. The molecule has 1 aromatic heterocycles. The van der Waals surface area contributed by atoms with Crippen molar-refractivity contribution in [2.45, 2.75) is 13.5 Å². The molecule has 0 spiro atoms. The zero-order valence-electron chi connectivity index (χ0n) is 17.2. The van der Waals surface area contributed by atoms with Crippen LogP contribution in [-0.2, 0) is 6.54 Å². The molecule has 0 aliphatic heterocycles. The maximum absolute atomic E-state index is 12.1. The Balaban J connectivity index is 0.00000155. The van der Waals surface area contributed by atoms with Gasteiger partial charge in [-0.3, -0.25) is 9.59 Å². The Morgan fingerprint density at radius 1 is 1.00 bits per heavy atom. The van der Waals surface area contributed by atoms with Gasteiger partial charge in [-0.15, -0.1) is 0 Å². The van der Waals surface area contributed by atoms with Crippen LogP contribution in [0.5, 0.6) is 0 Å². The second-order valence-corrected chi connectivity index (χ2v) is 6.53. The fourth-order valence-corrected chi connectivity index (χ4v) is 2.70. The third-order valence-electron chi connectivity index (χ3n) is 4.13. The van der Waals surface area contributed by atoms with Crippen molar-refractivity contribution in [2.24, 2.45) is 5.73 Å². The van der Waals surface area contributed by atoms with E-state index in [-0.39, 0.29) is 18.0 Å². The van der Waals surface area contributed by atoms with E-state index in [1.165, 1.54) is 7.05 Å². The van der Waals surface area contributed by atoms with E-state index < -0.39 is 0 Å². The van der Waals surface area contributed by atoms with Gasteiger partial charge >= 0.3 is 0 Å². The number of aromatic nitrogens is 1. The average molecular weight is 406 g/mol. The topological polar surface area (TPSA) is 113 Å². The number of nitrogens with two attached hydrogens (primary N) is 1. The molecule has 0 aliphatic carbocycles. The lowest BCUT2D eigenvalue weighted by Crippen LogP contribution is -2.27. The summed E-state index contributed by atoms with van der Waals surface area (Å²) in [6, 6.07) is 20.1. The Labute approximate surface area is 176 Å². The zero-order chi connectivity index (χ0) is 21.9. The minimum Gasteiger partial charge on any atom is -0.356 e. The van der Waals surface area contributed by atoms with Crippen LogP contribution in [0.15, 0.2) is 77.7 Å². The molecule has 1 heterocycles. The van der Waals surface area contributed by atoms with Gasteiger partial charge in [0.2, 0.25) is 0 Å². The van der Waals surface area contributed by atoms with Gasteiger partial charge in [0.15, 0.2) is 0 Å². The van der Waals surface area contributed by atoms with E-state index in [4.69, 9.17) is 5.41 Å². The van der Waals surface area contributed by atoms with Crippen LogP contribution in [0.4, 0.5) is 11.4 Å². The first-order valence-corrected chi connectivity index (χ1v) is 9.53. The summed E-state index contributed by atoms with van der Waals surface area (Å²) in [5.74, 6) is -0.209. The number of amides is 1. The second kappa shape index (κ2) is 11.3. The van der Waals surface area contributed by atoms with Crippen molar-refractivity contribution >= 4 is 23.0 Å². The first-order valence-electron chi connectivity index (χ1n) is 9.53. The van der Waals surface area contributed by atoms with Crippen LogP contribution in [0.3, 0.4) is 0 Å². The maximum atomic E-state index is 12.1. The molecule has 5 N–H and O–H groups in total. The third kappa shape index (κ3) is 6.72. The van der Waals surface area contributed by atoms with Gasteiger partial charge in [-0.1, -0.05) is 24.3 Å². The lowest BCUT2D eigenvalue weighted by Gasteiger charge is -2.10. The number of carbonyl (C=O) groups is 1. The van der Waals surface area contributed by atoms with Gasteiger partial charge in [0.05, 0.1) is 13.1 Å². The van der Waals surface area contributed by atoms with E-state index in [0.29, 0.717) is 17.8 Å². The summed E-state index contributed by atoms with van der Waals surface area (Å²) in [5.41, 5.74) is 8.11. The summed E-state index contributed by atoms with van der Waals surface area (Å²) in [4.78, 5) is 23.9. The fourth-order valence-electron chi connectivity index (χ4n) is 2.70. The molecule has 0 saturated heterocycles. The average Bonchev–Trinajstić information content (AvgIpc) is 2.76. The lowest BCUT2D eigenvalue weighted by molar-refractivity contribution is 0.0959. The predicted molar refractivity (Wildman–Crippen MR) is 122 cm³/mol. The van der Waals surface area contributed by atoms with E-state index in [1.807, 2.05) is 42.5 Å². The van der Waals surface area contributed by atoms with Gasteiger partial charge in [0.25, 0.3) is 11.5 Å². The summed E-state index contributed by atoms with van der Waals surface area (Å²) in [6.07, 6.45) is 1.77. The quantitative estimate of drug-likeness (QED) is 0.453. The van der Waals surface area contributed by atoms with Crippen molar-refractivity contribution in [3.8, 4) is 0 Å². The molecule has 0 atom stereocenters. The molecule has 0 unspecified atom stereocenters. The van der Waals surface area contributed by atoms with Gasteiger partial charge < -0.3 is 26.3 Å². The zero-order valence-corrected chi connectivity index (χ0v) is 17.2. The predicted octanol–water partition coefficient (Wildman–Crippen LogP) is 2.98. The number of pyridine rings is 1. The number of hydrogen-bond donors (Lipinski definition) is 4. The van der Waals surface area contributed by atoms with Crippen molar-refractivity contribution in [2.75, 3.05) is 18.9 Å². The number of anilines is 2. The van der Waals surface area contributed by atoms with Crippen LogP contribution in [0.25, 0.3) is 0 Å². The SMILES string of the molecule is CC(=N)CNC(=O)c1cccc(Nc2ccc(Cn3ccccc3=O)cc2)c1.CN. The van der Waals surface area contributed by atoms with Crippen LogP contribution >= 0.6 is 0 Å². The summed E-state index contributed by atoms with van der Waals surface area (Å²) < 4.78 is 1.65. The van der Waals surface area contributed by atoms with Gasteiger partial charge in [-0.25, -0.2) is 0 Å². The van der Waals surface area contributed by atoms with E-state index >= 15 is 0 Å². The summed E-state index contributed by atoms with van der Waals surface area (Å²) in [6.45, 7) is 2.40. The Bertz CT molecular complexity index is 1040. The van der Waals surface area contributed by atoms with Crippen LogP contribution in [0, 0.1) is 5.41 Å². The number of benzene rings is 2. The molecule has 2 aromatic carbocycles. The van der Waals surface area contributed by atoms with Crippen LogP contribution in [0.1, 0.15) is 22.8 Å². The minimum absolute atomic E-state index is 0.0296. The van der Waals surface area contributed by atoms with E-state index in [2.05, 4.69) is 16.4 Å². The van der Waals surface area contributed by atoms with Crippen molar-refractivity contribution in [3.05, 3.63) is 94.4 Å². The van der Waals surface area contributed by atoms with Crippen molar-refractivity contribution in [1.29, 1.82) is 5.41 Å². The Kier molecular flexibility index (Phi) is 8.53. The molecule has 0 saturated carbocycles. The Morgan fingerprint density at radius 3 is 2.40 bits per heavy atom. The molecule has 0 aliphatic rings. The van der Waals surface area contributed by atoms with Crippen LogP contribution in [-0.4, -0.2) is 29.8 Å². The molecule has 3 aromatic rings. The van der Waals surface area contributed by atoms with Gasteiger partial charge in [0.1, 0.15) is 0 Å². The highest BCUT2D eigenvalue weighted by atomic mass is 16.1. The highest BCUT2D eigenvalue weighted by Crippen LogP contribution is 2.18. The molecule has 7 nitrogen and oxygen atoms in total. The molecule has 0 radical (unpaired) electrons. The summed E-state index contributed by atoms with van der Waals surface area (Å²) >= 11 is 0. The monoisotopic (exact) mass is 405 g/mol. The van der Waals surface area contributed by atoms with Gasteiger partial charge in [0, 0.05) is 34.9 Å². The van der Waals surface area contributed by atoms with Crippen LogP contribution < -0.4 is 21.9 Å². The molecule has 30 heavy (non-hydrogen) atoms. The molecule has 1 amide bonds. The Morgan fingerprint density at radius 2 is 1.73 bits per heavy atom.